The van der Waals surface area contributed by atoms with Gasteiger partial charge in [0.25, 0.3) is 0 Å². The largest absolute Gasteiger partial charge is 0.369 e. The molecule has 1 heterocycles. The van der Waals surface area contributed by atoms with Crippen LogP contribution < -0.4 is 10.6 Å². The molecule has 1 aromatic carbocycles. The van der Waals surface area contributed by atoms with Crippen molar-refractivity contribution in [2.24, 2.45) is 5.73 Å². The van der Waals surface area contributed by atoms with Crippen molar-refractivity contribution < 1.29 is 0 Å². The van der Waals surface area contributed by atoms with Gasteiger partial charge in [-0.3, -0.25) is 4.90 Å². The maximum Gasteiger partial charge on any atom is 0.0378 e. The Morgan fingerprint density at radius 2 is 1.90 bits per heavy atom. The molecule has 0 amide bonds. The number of piperazine rings is 1. The summed E-state index contributed by atoms with van der Waals surface area (Å²) in [5.41, 5.74) is 8.42. The van der Waals surface area contributed by atoms with Crippen molar-refractivity contribution in [2.45, 2.75) is 13.0 Å². The highest BCUT2D eigenvalue weighted by atomic mass is 79.9. The predicted octanol–water partition coefficient (Wildman–Crippen LogP) is 2.15. The quantitative estimate of drug-likeness (QED) is 0.878. The van der Waals surface area contributed by atoms with E-state index in [4.69, 9.17) is 5.73 Å². The van der Waals surface area contributed by atoms with E-state index in [-0.39, 0.29) is 6.04 Å². The first kappa shape index (κ1) is 16.7. The molecule has 1 fully saturated rings. The minimum atomic E-state index is 0.0660. The molecule has 2 N–H and O–H groups in total. The van der Waals surface area contributed by atoms with Crippen LogP contribution in [0.1, 0.15) is 18.5 Å². The molecule has 1 atom stereocenters. The van der Waals surface area contributed by atoms with E-state index in [0.717, 1.165) is 43.7 Å². The second kappa shape index (κ2) is 7.58. The molecular formula is C16H27BrN4. The Bertz CT molecular complexity index is 454. The van der Waals surface area contributed by atoms with Gasteiger partial charge < -0.3 is 15.5 Å². The first-order valence-electron chi connectivity index (χ1n) is 7.64. The summed E-state index contributed by atoms with van der Waals surface area (Å²) in [6.45, 7) is 8.78. The molecule has 0 saturated carbocycles. The molecule has 0 spiro atoms. The van der Waals surface area contributed by atoms with Crippen LogP contribution in [0, 0.1) is 0 Å². The van der Waals surface area contributed by atoms with E-state index in [9.17, 15) is 0 Å². The molecule has 1 saturated heterocycles. The van der Waals surface area contributed by atoms with Crippen molar-refractivity contribution in [1.29, 1.82) is 0 Å². The van der Waals surface area contributed by atoms with Crippen LogP contribution in [-0.2, 0) is 0 Å². The molecule has 0 aromatic heterocycles. The summed E-state index contributed by atoms with van der Waals surface area (Å²) >= 11 is 3.64. The van der Waals surface area contributed by atoms with Gasteiger partial charge in [-0.25, -0.2) is 0 Å². The lowest BCUT2D eigenvalue weighted by atomic mass is 10.1. The third kappa shape index (κ3) is 4.68. The summed E-state index contributed by atoms with van der Waals surface area (Å²) < 4.78 is 1.12. The molecular weight excluding hydrogens is 328 g/mol. The summed E-state index contributed by atoms with van der Waals surface area (Å²) in [6.07, 6.45) is 0. The average molecular weight is 355 g/mol. The van der Waals surface area contributed by atoms with Gasteiger partial charge in [-0.15, -0.1) is 0 Å². The minimum Gasteiger partial charge on any atom is -0.369 e. The second-order valence-electron chi connectivity index (χ2n) is 6.13. The summed E-state index contributed by atoms with van der Waals surface area (Å²) in [5.74, 6) is 0. The molecule has 0 radical (unpaired) electrons. The van der Waals surface area contributed by atoms with Crippen LogP contribution in [0.4, 0.5) is 5.69 Å². The topological polar surface area (TPSA) is 35.7 Å². The van der Waals surface area contributed by atoms with Crippen LogP contribution in [-0.4, -0.2) is 63.2 Å². The van der Waals surface area contributed by atoms with Crippen LogP contribution in [0.25, 0.3) is 0 Å². The Labute approximate surface area is 137 Å². The Kier molecular flexibility index (Phi) is 6.05. The van der Waals surface area contributed by atoms with E-state index in [1.165, 1.54) is 11.3 Å². The van der Waals surface area contributed by atoms with E-state index < -0.39 is 0 Å². The molecule has 1 aliphatic heterocycles. The van der Waals surface area contributed by atoms with Crippen molar-refractivity contribution in [1.82, 2.24) is 9.80 Å². The number of nitrogens with two attached hydrogens (primary N) is 1. The number of likely N-dealkylation sites (N-methyl/N-ethyl adjacent to an activating group) is 1. The zero-order chi connectivity index (χ0) is 15.4. The Morgan fingerprint density at radius 1 is 1.24 bits per heavy atom. The molecule has 1 aliphatic rings. The fourth-order valence-corrected chi connectivity index (χ4v) is 3.38. The zero-order valence-electron chi connectivity index (χ0n) is 13.3. The number of nitrogens with zero attached hydrogens (tertiary/aromatic N) is 3. The Balaban J connectivity index is 1.91. The highest BCUT2D eigenvalue weighted by molar-refractivity contribution is 9.10. The zero-order valence-corrected chi connectivity index (χ0v) is 14.9. The number of rotatable bonds is 5. The van der Waals surface area contributed by atoms with Gasteiger partial charge >= 0.3 is 0 Å². The normalized spacial score (nSPS) is 18.3. The SMILES string of the molecule is CC(N)c1ccc(N2CCN(CCN(C)C)CC2)cc1Br. The lowest BCUT2D eigenvalue weighted by molar-refractivity contribution is 0.229. The molecule has 1 unspecified atom stereocenters. The summed E-state index contributed by atoms with van der Waals surface area (Å²) in [6, 6.07) is 6.60. The first-order valence-corrected chi connectivity index (χ1v) is 8.43. The minimum absolute atomic E-state index is 0.0660. The van der Waals surface area contributed by atoms with Gasteiger partial charge in [-0.1, -0.05) is 22.0 Å². The number of hydrogen-bond donors (Lipinski definition) is 1. The van der Waals surface area contributed by atoms with Gasteiger partial charge in [-0.2, -0.15) is 0 Å². The highest BCUT2D eigenvalue weighted by Gasteiger charge is 2.18. The standard InChI is InChI=1S/C16H27BrN4/c1-13(18)15-5-4-14(12-16(15)17)21-10-8-20(9-11-21)7-6-19(2)3/h4-5,12-13H,6-11,18H2,1-3H3. The summed E-state index contributed by atoms with van der Waals surface area (Å²) in [7, 11) is 4.27. The monoisotopic (exact) mass is 354 g/mol. The molecule has 2 rings (SSSR count). The van der Waals surface area contributed by atoms with E-state index in [2.05, 4.69) is 62.9 Å². The number of hydrogen-bond acceptors (Lipinski definition) is 4. The van der Waals surface area contributed by atoms with Crippen molar-refractivity contribution in [3.05, 3.63) is 28.2 Å². The number of halogens is 1. The van der Waals surface area contributed by atoms with Gasteiger partial charge in [0, 0.05) is 55.5 Å². The van der Waals surface area contributed by atoms with Crippen molar-refractivity contribution in [3.8, 4) is 0 Å². The molecule has 118 valence electrons. The van der Waals surface area contributed by atoms with E-state index in [1.54, 1.807) is 0 Å². The van der Waals surface area contributed by atoms with Crippen molar-refractivity contribution >= 4 is 21.6 Å². The third-order valence-electron chi connectivity index (χ3n) is 4.08. The van der Waals surface area contributed by atoms with Crippen LogP contribution in [0.15, 0.2) is 22.7 Å². The summed E-state index contributed by atoms with van der Waals surface area (Å²) in [4.78, 5) is 7.25. The van der Waals surface area contributed by atoms with E-state index >= 15 is 0 Å². The van der Waals surface area contributed by atoms with Gasteiger partial charge in [0.05, 0.1) is 0 Å². The maximum absolute atomic E-state index is 5.96. The smallest absolute Gasteiger partial charge is 0.0378 e. The number of anilines is 1. The van der Waals surface area contributed by atoms with Crippen molar-refractivity contribution in [3.63, 3.8) is 0 Å². The fraction of sp³-hybridized carbons (Fsp3) is 0.625. The van der Waals surface area contributed by atoms with Gasteiger partial charge in [0.15, 0.2) is 0 Å². The predicted molar refractivity (Wildman–Crippen MR) is 94.0 cm³/mol. The molecule has 4 nitrogen and oxygen atoms in total. The van der Waals surface area contributed by atoms with Gasteiger partial charge in [-0.05, 0) is 38.7 Å². The molecule has 0 aliphatic carbocycles. The van der Waals surface area contributed by atoms with E-state index in [0.29, 0.717) is 0 Å². The van der Waals surface area contributed by atoms with Crippen LogP contribution in [0.5, 0.6) is 0 Å². The Morgan fingerprint density at radius 3 is 2.43 bits per heavy atom. The lowest BCUT2D eigenvalue weighted by Gasteiger charge is -2.36. The summed E-state index contributed by atoms with van der Waals surface area (Å²) in [5, 5.41) is 0. The molecule has 0 bridgehead atoms. The molecule has 1 aromatic rings. The fourth-order valence-electron chi connectivity index (χ4n) is 2.65. The van der Waals surface area contributed by atoms with E-state index in [1.807, 2.05) is 6.92 Å². The maximum atomic E-state index is 5.96. The van der Waals surface area contributed by atoms with Gasteiger partial charge in [0.2, 0.25) is 0 Å². The second-order valence-corrected chi connectivity index (χ2v) is 6.98. The van der Waals surface area contributed by atoms with Crippen molar-refractivity contribution in [2.75, 3.05) is 58.3 Å². The Hall–Kier alpha value is -0.620. The average Bonchev–Trinajstić information content (AvgIpc) is 2.45. The highest BCUT2D eigenvalue weighted by Crippen LogP contribution is 2.28. The third-order valence-corrected chi connectivity index (χ3v) is 4.76. The molecule has 21 heavy (non-hydrogen) atoms. The lowest BCUT2D eigenvalue weighted by Crippen LogP contribution is -2.48. The van der Waals surface area contributed by atoms with Crippen LogP contribution >= 0.6 is 15.9 Å². The number of benzene rings is 1. The van der Waals surface area contributed by atoms with Crippen LogP contribution in [0.2, 0.25) is 0 Å². The molecule has 5 heteroatoms. The van der Waals surface area contributed by atoms with Crippen LogP contribution in [0.3, 0.4) is 0 Å². The first-order chi connectivity index (χ1) is 9.97. The van der Waals surface area contributed by atoms with Gasteiger partial charge in [0.1, 0.15) is 0 Å².